The first-order valence-electron chi connectivity index (χ1n) is 12.4. The molecular weight excluding hydrogens is 466 g/mol. The zero-order valence-electron chi connectivity index (χ0n) is 20.4. The molecule has 0 spiro atoms. The Hall–Kier alpha value is -4.66. The number of hydrogen-bond donors (Lipinski definition) is 4. The number of benzene rings is 2. The van der Waals surface area contributed by atoms with Crippen LogP contribution in [0, 0.1) is 0 Å². The number of carbonyl (C=O) groups is 2. The average Bonchev–Trinajstić information content (AvgIpc) is 3.52. The molecule has 4 N–H and O–H groups in total. The molecule has 186 valence electrons. The van der Waals surface area contributed by atoms with Gasteiger partial charge in [-0.05, 0) is 55.7 Å². The summed E-state index contributed by atoms with van der Waals surface area (Å²) in [6, 6.07) is 19.1. The third-order valence-corrected chi connectivity index (χ3v) is 6.46. The third-order valence-electron chi connectivity index (χ3n) is 6.46. The molecule has 37 heavy (non-hydrogen) atoms. The maximum Gasteiger partial charge on any atom is 0.254 e. The predicted octanol–water partition coefficient (Wildman–Crippen LogP) is 4.65. The standard InChI is InChI=1S/C28H27N7O2/c1-17(18-5-3-2-4-6-18)30-22-13-23(31-21-7-8-21)15-24(14-22)32-25-9-10-35-27(33-25)20(16-29-35)11-19-12-26(36)34-28(19)37/h2-6,9-11,13-17,21,30-31H,7-8,12H2,1H3,(H,32,33)(H,34,36,37)/b19-11-. The van der Waals surface area contributed by atoms with Gasteiger partial charge in [0.25, 0.3) is 5.91 Å². The molecule has 2 aromatic heterocycles. The first-order valence-corrected chi connectivity index (χ1v) is 12.4. The van der Waals surface area contributed by atoms with Gasteiger partial charge in [0.05, 0.1) is 12.6 Å². The summed E-state index contributed by atoms with van der Waals surface area (Å²) in [6.07, 6.45) is 7.56. The molecule has 9 heteroatoms. The molecule has 1 unspecified atom stereocenters. The minimum Gasteiger partial charge on any atom is -0.382 e. The van der Waals surface area contributed by atoms with Crippen LogP contribution < -0.4 is 21.3 Å². The van der Waals surface area contributed by atoms with E-state index in [1.54, 1.807) is 16.8 Å². The van der Waals surface area contributed by atoms with Crippen LogP contribution >= 0.6 is 0 Å². The summed E-state index contributed by atoms with van der Waals surface area (Å²) in [7, 11) is 0. The normalized spacial score (nSPS) is 17.2. The van der Waals surface area contributed by atoms with Crippen molar-refractivity contribution in [1.29, 1.82) is 0 Å². The zero-order chi connectivity index (χ0) is 25.4. The van der Waals surface area contributed by atoms with Gasteiger partial charge < -0.3 is 16.0 Å². The molecule has 0 bridgehead atoms. The van der Waals surface area contributed by atoms with E-state index in [1.807, 2.05) is 30.5 Å². The van der Waals surface area contributed by atoms with Crippen molar-refractivity contribution in [2.75, 3.05) is 16.0 Å². The van der Waals surface area contributed by atoms with Crippen molar-refractivity contribution in [1.82, 2.24) is 19.9 Å². The summed E-state index contributed by atoms with van der Waals surface area (Å²) in [5, 5.41) is 17.3. The summed E-state index contributed by atoms with van der Waals surface area (Å²) in [4.78, 5) is 28.3. The first kappa shape index (κ1) is 22.8. The molecule has 1 saturated carbocycles. The molecule has 6 rings (SSSR count). The summed E-state index contributed by atoms with van der Waals surface area (Å²) in [6.45, 7) is 2.15. The molecule has 1 atom stereocenters. The van der Waals surface area contributed by atoms with E-state index in [1.165, 1.54) is 18.4 Å². The Morgan fingerprint density at radius 1 is 1.05 bits per heavy atom. The van der Waals surface area contributed by atoms with Gasteiger partial charge in [-0.25, -0.2) is 9.50 Å². The van der Waals surface area contributed by atoms with Gasteiger partial charge in [0, 0.05) is 46.5 Å². The number of rotatable bonds is 8. The number of nitrogens with one attached hydrogen (secondary N) is 4. The number of fused-ring (bicyclic) bond motifs is 1. The molecule has 2 aliphatic rings. The second-order valence-electron chi connectivity index (χ2n) is 9.52. The van der Waals surface area contributed by atoms with E-state index in [2.05, 4.69) is 63.6 Å². The lowest BCUT2D eigenvalue weighted by molar-refractivity contribution is -0.124. The topological polar surface area (TPSA) is 112 Å². The summed E-state index contributed by atoms with van der Waals surface area (Å²) in [5.74, 6) is -0.0256. The maximum atomic E-state index is 12.0. The highest BCUT2D eigenvalue weighted by Crippen LogP contribution is 2.31. The Morgan fingerprint density at radius 3 is 2.59 bits per heavy atom. The fourth-order valence-electron chi connectivity index (χ4n) is 4.42. The molecule has 2 amide bonds. The lowest BCUT2D eigenvalue weighted by Gasteiger charge is -2.18. The molecule has 1 aliphatic heterocycles. The zero-order valence-corrected chi connectivity index (χ0v) is 20.4. The quantitative estimate of drug-likeness (QED) is 0.209. The Bertz CT molecular complexity index is 1520. The fourth-order valence-corrected chi connectivity index (χ4v) is 4.42. The molecule has 1 aliphatic carbocycles. The van der Waals surface area contributed by atoms with E-state index in [0.29, 0.717) is 28.6 Å². The van der Waals surface area contributed by atoms with Crippen LogP contribution in [0.25, 0.3) is 11.7 Å². The van der Waals surface area contributed by atoms with Gasteiger partial charge in [-0.3, -0.25) is 14.9 Å². The van der Waals surface area contributed by atoms with Gasteiger partial charge in [0.2, 0.25) is 5.91 Å². The van der Waals surface area contributed by atoms with E-state index in [4.69, 9.17) is 4.98 Å². The SMILES string of the molecule is CC(Nc1cc(Nc2ccn3ncc(/C=C4/CC(=O)NC4=O)c3n2)cc(NC2CC2)c1)c1ccccc1. The monoisotopic (exact) mass is 493 g/mol. The Balaban J connectivity index is 1.28. The second-order valence-corrected chi connectivity index (χ2v) is 9.52. The number of amides is 2. The lowest BCUT2D eigenvalue weighted by atomic mass is 10.1. The molecule has 0 radical (unpaired) electrons. The Kier molecular flexibility index (Phi) is 5.80. The summed E-state index contributed by atoms with van der Waals surface area (Å²) >= 11 is 0. The maximum absolute atomic E-state index is 12.0. The van der Waals surface area contributed by atoms with Crippen LogP contribution in [0.1, 0.15) is 43.4 Å². The number of carbonyl (C=O) groups excluding carboxylic acids is 2. The van der Waals surface area contributed by atoms with Crippen LogP contribution in [0.3, 0.4) is 0 Å². The Morgan fingerprint density at radius 2 is 1.84 bits per heavy atom. The fraction of sp³-hybridized carbons (Fsp3) is 0.214. The van der Waals surface area contributed by atoms with E-state index >= 15 is 0 Å². The van der Waals surface area contributed by atoms with Gasteiger partial charge in [0.15, 0.2) is 5.65 Å². The Labute approximate surface area is 214 Å². The largest absolute Gasteiger partial charge is 0.382 e. The van der Waals surface area contributed by atoms with Crippen molar-refractivity contribution in [2.24, 2.45) is 0 Å². The molecule has 9 nitrogen and oxygen atoms in total. The molecule has 3 heterocycles. The van der Waals surface area contributed by atoms with Crippen molar-refractivity contribution >= 4 is 46.4 Å². The number of imide groups is 1. The number of anilines is 4. The van der Waals surface area contributed by atoms with E-state index in [9.17, 15) is 9.59 Å². The highest BCUT2D eigenvalue weighted by Gasteiger charge is 2.24. The van der Waals surface area contributed by atoms with Gasteiger partial charge >= 0.3 is 0 Å². The van der Waals surface area contributed by atoms with E-state index in [-0.39, 0.29) is 24.3 Å². The smallest absolute Gasteiger partial charge is 0.254 e. The highest BCUT2D eigenvalue weighted by atomic mass is 16.2. The molecule has 4 aromatic rings. The third kappa shape index (κ3) is 5.16. The van der Waals surface area contributed by atoms with Crippen molar-refractivity contribution in [2.45, 2.75) is 38.3 Å². The van der Waals surface area contributed by atoms with Gasteiger partial charge in [-0.15, -0.1) is 0 Å². The number of aromatic nitrogens is 3. The van der Waals surface area contributed by atoms with Crippen molar-refractivity contribution in [3.8, 4) is 0 Å². The van der Waals surface area contributed by atoms with Crippen LogP contribution in [0.5, 0.6) is 0 Å². The molecular formula is C28H27N7O2. The predicted molar refractivity (Wildman–Crippen MR) is 144 cm³/mol. The minimum atomic E-state index is -0.372. The van der Waals surface area contributed by atoms with Crippen LogP contribution in [0.2, 0.25) is 0 Å². The van der Waals surface area contributed by atoms with Crippen molar-refractivity contribution < 1.29 is 9.59 Å². The van der Waals surface area contributed by atoms with E-state index in [0.717, 1.165) is 17.1 Å². The van der Waals surface area contributed by atoms with Crippen molar-refractivity contribution in [3.63, 3.8) is 0 Å². The lowest BCUT2D eigenvalue weighted by Crippen LogP contribution is -2.19. The van der Waals surface area contributed by atoms with Crippen LogP contribution in [-0.2, 0) is 9.59 Å². The van der Waals surface area contributed by atoms with Crippen LogP contribution in [0.15, 0.2) is 72.6 Å². The first-order chi connectivity index (χ1) is 18.0. The van der Waals surface area contributed by atoms with Gasteiger partial charge in [-0.2, -0.15) is 5.10 Å². The average molecular weight is 494 g/mol. The second kappa shape index (κ2) is 9.42. The number of hydrogen-bond acceptors (Lipinski definition) is 7. The minimum absolute atomic E-state index is 0.0616. The van der Waals surface area contributed by atoms with Gasteiger partial charge in [-0.1, -0.05) is 30.3 Å². The molecule has 2 aromatic carbocycles. The highest BCUT2D eigenvalue weighted by molar-refractivity contribution is 6.15. The summed E-state index contributed by atoms with van der Waals surface area (Å²) < 4.78 is 1.64. The van der Waals surface area contributed by atoms with Crippen LogP contribution in [-0.4, -0.2) is 32.5 Å². The molecule has 1 saturated heterocycles. The summed E-state index contributed by atoms with van der Waals surface area (Å²) in [5.41, 5.74) is 5.82. The molecule has 2 fully saturated rings. The van der Waals surface area contributed by atoms with Crippen LogP contribution in [0.4, 0.5) is 22.9 Å². The van der Waals surface area contributed by atoms with E-state index < -0.39 is 0 Å². The number of nitrogens with zero attached hydrogens (tertiary/aromatic N) is 3. The van der Waals surface area contributed by atoms with Crippen molar-refractivity contribution in [3.05, 3.63) is 83.7 Å². The van der Waals surface area contributed by atoms with Gasteiger partial charge in [0.1, 0.15) is 5.82 Å².